The standard InChI is InChI=1S/C11H14N2O3/c14-7-8(15)6-13-10-4-2-1-3-9(10)12-5-11(13)16/h1-4,8,12,14-15H,5-7H2. The average molecular weight is 222 g/mol. The molecule has 1 aromatic carbocycles. The molecule has 1 unspecified atom stereocenters. The van der Waals surface area contributed by atoms with E-state index >= 15 is 0 Å². The number of nitrogens with one attached hydrogen (secondary N) is 1. The average Bonchev–Trinajstić information content (AvgIpc) is 2.32. The van der Waals surface area contributed by atoms with E-state index in [4.69, 9.17) is 5.11 Å². The van der Waals surface area contributed by atoms with Gasteiger partial charge in [-0.3, -0.25) is 4.79 Å². The normalized spacial score (nSPS) is 16.6. The lowest BCUT2D eigenvalue weighted by Gasteiger charge is -2.31. The number of carbonyl (C=O) groups excluding carboxylic acids is 1. The van der Waals surface area contributed by atoms with Crippen LogP contribution in [0.3, 0.4) is 0 Å². The predicted molar refractivity (Wildman–Crippen MR) is 60.4 cm³/mol. The molecule has 1 aliphatic heterocycles. The lowest BCUT2D eigenvalue weighted by molar-refractivity contribution is -0.117. The second kappa shape index (κ2) is 4.51. The molecule has 1 atom stereocenters. The molecule has 86 valence electrons. The van der Waals surface area contributed by atoms with Crippen LogP contribution < -0.4 is 10.2 Å². The van der Waals surface area contributed by atoms with Gasteiger partial charge in [0.25, 0.3) is 0 Å². The van der Waals surface area contributed by atoms with E-state index in [1.807, 2.05) is 24.3 Å². The van der Waals surface area contributed by atoms with Crippen molar-refractivity contribution in [2.45, 2.75) is 6.10 Å². The molecule has 5 heteroatoms. The van der Waals surface area contributed by atoms with Crippen molar-refractivity contribution in [1.82, 2.24) is 0 Å². The number of nitrogens with zero attached hydrogens (tertiary/aromatic N) is 1. The molecule has 2 rings (SSSR count). The van der Waals surface area contributed by atoms with Crippen LogP contribution in [0, 0.1) is 0 Å². The molecule has 5 nitrogen and oxygen atoms in total. The maximum atomic E-state index is 11.7. The summed E-state index contributed by atoms with van der Waals surface area (Å²) in [5.74, 6) is -0.105. The van der Waals surface area contributed by atoms with Gasteiger partial charge in [0.1, 0.15) is 0 Å². The van der Waals surface area contributed by atoms with Gasteiger partial charge in [-0.25, -0.2) is 0 Å². The van der Waals surface area contributed by atoms with Crippen LogP contribution >= 0.6 is 0 Å². The lowest BCUT2D eigenvalue weighted by atomic mass is 10.2. The summed E-state index contributed by atoms with van der Waals surface area (Å²) in [6, 6.07) is 7.39. The SMILES string of the molecule is O=C1CNc2ccccc2N1CC(O)CO. The van der Waals surface area contributed by atoms with Crippen LogP contribution in [0.25, 0.3) is 0 Å². The predicted octanol–water partition coefficient (Wildman–Crippen LogP) is -0.202. The van der Waals surface area contributed by atoms with Gasteiger partial charge in [-0.15, -0.1) is 0 Å². The maximum absolute atomic E-state index is 11.7. The third-order valence-electron chi connectivity index (χ3n) is 2.53. The largest absolute Gasteiger partial charge is 0.394 e. The summed E-state index contributed by atoms with van der Waals surface area (Å²) in [4.78, 5) is 13.2. The van der Waals surface area contributed by atoms with Gasteiger partial charge >= 0.3 is 0 Å². The Morgan fingerprint density at radius 3 is 2.94 bits per heavy atom. The van der Waals surface area contributed by atoms with E-state index in [9.17, 15) is 9.90 Å². The Balaban J connectivity index is 2.26. The van der Waals surface area contributed by atoms with Crippen molar-refractivity contribution >= 4 is 17.3 Å². The molecular weight excluding hydrogens is 208 g/mol. The molecule has 0 aliphatic carbocycles. The molecule has 16 heavy (non-hydrogen) atoms. The first kappa shape index (κ1) is 10.9. The molecule has 1 heterocycles. The Morgan fingerprint density at radius 2 is 2.19 bits per heavy atom. The molecule has 1 aliphatic rings. The number of para-hydroxylation sites is 2. The van der Waals surface area contributed by atoms with Crippen LogP contribution in [0.15, 0.2) is 24.3 Å². The number of aliphatic hydroxyl groups excluding tert-OH is 2. The number of β-amino-alcohol motifs (C(OH)–C–C–N with tert-alkyl or cyclic N) is 1. The summed E-state index contributed by atoms with van der Waals surface area (Å²) in [6.07, 6.45) is -0.907. The molecule has 3 N–H and O–H groups in total. The molecule has 1 aromatic rings. The molecule has 0 saturated heterocycles. The summed E-state index contributed by atoms with van der Waals surface area (Å²) in [7, 11) is 0. The number of fused-ring (bicyclic) bond motifs is 1. The van der Waals surface area contributed by atoms with Gasteiger partial charge in [0.2, 0.25) is 5.91 Å². The number of hydrogen-bond acceptors (Lipinski definition) is 4. The number of benzene rings is 1. The van der Waals surface area contributed by atoms with Crippen molar-refractivity contribution in [3.8, 4) is 0 Å². The zero-order chi connectivity index (χ0) is 11.5. The fourth-order valence-corrected chi connectivity index (χ4v) is 1.73. The molecule has 0 spiro atoms. The van der Waals surface area contributed by atoms with Gasteiger partial charge in [0.15, 0.2) is 0 Å². The summed E-state index contributed by atoms with van der Waals surface area (Å²) < 4.78 is 0. The molecule has 0 aromatic heterocycles. The zero-order valence-corrected chi connectivity index (χ0v) is 8.76. The van der Waals surface area contributed by atoms with Crippen LogP contribution in [0.2, 0.25) is 0 Å². The summed E-state index contributed by atoms with van der Waals surface area (Å²) >= 11 is 0. The second-order valence-electron chi connectivity index (χ2n) is 3.71. The molecule has 0 fully saturated rings. The number of hydrogen-bond donors (Lipinski definition) is 3. The number of aliphatic hydroxyl groups is 2. The first-order valence-corrected chi connectivity index (χ1v) is 5.14. The summed E-state index contributed by atoms with van der Waals surface area (Å²) in [5.41, 5.74) is 1.61. The number of amides is 1. The molecule has 0 radical (unpaired) electrons. The van der Waals surface area contributed by atoms with E-state index in [2.05, 4.69) is 5.32 Å². The van der Waals surface area contributed by atoms with E-state index < -0.39 is 6.10 Å². The van der Waals surface area contributed by atoms with Gasteiger partial charge in [-0.1, -0.05) is 12.1 Å². The Bertz CT molecular complexity index is 395. The Kier molecular flexibility index (Phi) is 3.07. The highest BCUT2D eigenvalue weighted by Gasteiger charge is 2.24. The quantitative estimate of drug-likeness (QED) is 0.662. The maximum Gasteiger partial charge on any atom is 0.246 e. The Morgan fingerprint density at radius 1 is 1.44 bits per heavy atom. The molecule has 0 saturated carbocycles. The fourth-order valence-electron chi connectivity index (χ4n) is 1.73. The minimum atomic E-state index is -0.907. The highest BCUT2D eigenvalue weighted by Crippen LogP contribution is 2.28. The highest BCUT2D eigenvalue weighted by molar-refractivity contribution is 6.02. The summed E-state index contributed by atoms with van der Waals surface area (Å²) in [6.45, 7) is -0.0113. The van der Waals surface area contributed by atoms with Crippen molar-refractivity contribution in [2.75, 3.05) is 29.9 Å². The van der Waals surface area contributed by atoms with E-state index in [0.717, 1.165) is 11.4 Å². The first-order chi connectivity index (χ1) is 7.72. The van der Waals surface area contributed by atoms with Crippen molar-refractivity contribution in [3.63, 3.8) is 0 Å². The van der Waals surface area contributed by atoms with Crippen LogP contribution in [0.4, 0.5) is 11.4 Å². The number of anilines is 2. The fraction of sp³-hybridized carbons (Fsp3) is 0.364. The van der Waals surface area contributed by atoms with Crippen molar-refractivity contribution in [1.29, 1.82) is 0 Å². The van der Waals surface area contributed by atoms with Gasteiger partial charge in [-0.2, -0.15) is 0 Å². The third kappa shape index (κ3) is 2.00. The van der Waals surface area contributed by atoms with Crippen LogP contribution in [-0.4, -0.2) is 41.9 Å². The third-order valence-corrected chi connectivity index (χ3v) is 2.53. The van der Waals surface area contributed by atoms with Crippen LogP contribution in [0.5, 0.6) is 0 Å². The van der Waals surface area contributed by atoms with E-state index in [0.29, 0.717) is 0 Å². The topological polar surface area (TPSA) is 72.8 Å². The number of carbonyl (C=O) groups is 1. The molecule has 0 bridgehead atoms. The minimum Gasteiger partial charge on any atom is -0.394 e. The van der Waals surface area contributed by atoms with Gasteiger partial charge < -0.3 is 20.4 Å². The highest BCUT2D eigenvalue weighted by atomic mass is 16.3. The van der Waals surface area contributed by atoms with Crippen LogP contribution in [0.1, 0.15) is 0 Å². The number of rotatable bonds is 3. The Labute approximate surface area is 93.3 Å². The van der Waals surface area contributed by atoms with Gasteiger partial charge in [0.05, 0.1) is 37.2 Å². The van der Waals surface area contributed by atoms with Gasteiger partial charge in [-0.05, 0) is 12.1 Å². The second-order valence-corrected chi connectivity index (χ2v) is 3.71. The van der Waals surface area contributed by atoms with Crippen molar-refractivity contribution in [3.05, 3.63) is 24.3 Å². The van der Waals surface area contributed by atoms with Crippen molar-refractivity contribution < 1.29 is 15.0 Å². The van der Waals surface area contributed by atoms with E-state index in [-0.39, 0.29) is 25.6 Å². The van der Waals surface area contributed by atoms with E-state index in [1.54, 1.807) is 0 Å². The summed E-state index contributed by atoms with van der Waals surface area (Å²) in [5, 5.41) is 21.2. The monoisotopic (exact) mass is 222 g/mol. The first-order valence-electron chi connectivity index (χ1n) is 5.14. The zero-order valence-electron chi connectivity index (χ0n) is 8.76. The lowest BCUT2D eigenvalue weighted by Crippen LogP contribution is -2.44. The molecular formula is C11H14N2O3. The molecule has 1 amide bonds. The Hall–Kier alpha value is -1.59. The minimum absolute atomic E-state index is 0.105. The van der Waals surface area contributed by atoms with Crippen LogP contribution in [-0.2, 0) is 4.79 Å². The van der Waals surface area contributed by atoms with Crippen molar-refractivity contribution in [2.24, 2.45) is 0 Å². The van der Waals surface area contributed by atoms with Gasteiger partial charge in [0, 0.05) is 0 Å². The smallest absolute Gasteiger partial charge is 0.246 e. The van der Waals surface area contributed by atoms with E-state index in [1.165, 1.54) is 4.90 Å².